The summed E-state index contributed by atoms with van der Waals surface area (Å²) in [5.74, 6) is 1.51. The van der Waals surface area contributed by atoms with Crippen LogP contribution < -0.4 is 9.47 Å². The maximum absolute atomic E-state index is 13.8. The van der Waals surface area contributed by atoms with Crippen molar-refractivity contribution in [2.75, 3.05) is 20.3 Å². The Morgan fingerprint density at radius 3 is 2.39 bits per heavy atom. The molecule has 1 aliphatic rings. The third-order valence-electron chi connectivity index (χ3n) is 4.10. The van der Waals surface area contributed by atoms with Gasteiger partial charge in [0, 0.05) is 24.7 Å². The van der Waals surface area contributed by atoms with Gasteiger partial charge in [0.1, 0.15) is 23.9 Å². The summed E-state index contributed by atoms with van der Waals surface area (Å²) < 4.78 is 24.7. The second kappa shape index (κ2) is 7.47. The number of benzene rings is 2. The van der Waals surface area contributed by atoms with E-state index >= 15 is 0 Å². The van der Waals surface area contributed by atoms with Crippen molar-refractivity contribution in [3.05, 3.63) is 59.9 Å². The monoisotopic (exact) mass is 315 g/mol. The van der Waals surface area contributed by atoms with Crippen molar-refractivity contribution < 1.29 is 13.9 Å². The molecule has 4 heteroatoms. The molecule has 0 atom stereocenters. The molecule has 2 aromatic carbocycles. The molecule has 0 unspecified atom stereocenters. The third kappa shape index (κ3) is 4.45. The largest absolute Gasteiger partial charge is 0.497 e. The van der Waals surface area contributed by atoms with Gasteiger partial charge in [-0.15, -0.1) is 0 Å². The predicted octanol–water partition coefficient (Wildman–Crippen LogP) is 3.88. The molecule has 0 spiro atoms. The van der Waals surface area contributed by atoms with E-state index in [1.807, 2.05) is 36.4 Å². The highest BCUT2D eigenvalue weighted by atomic mass is 19.1. The first-order chi connectivity index (χ1) is 11.3. The fourth-order valence-electron chi connectivity index (χ4n) is 2.63. The van der Waals surface area contributed by atoms with E-state index in [1.54, 1.807) is 13.2 Å². The highest BCUT2D eigenvalue weighted by Gasteiger charge is 2.29. The lowest BCUT2D eigenvalue weighted by Crippen LogP contribution is -2.30. The van der Waals surface area contributed by atoms with Gasteiger partial charge in [0.15, 0.2) is 0 Å². The van der Waals surface area contributed by atoms with E-state index in [0.29, 0.717) is 19.2 Å². The van der Waals surface area contributed by atoms with Crippen molar-refractivity contribution in [1.29, 1.82) is 0 Å². The summed E-state index contributed by atoms with van der Waals surface area (Å²) in [4.78, 5) is 2.31. The van der Waals surface area contributed by atoms with Crippen LogP contribution in [0.5, 0.6) is 11.5 Å². The van der Waals surface area contributed by atoms with Gasteiger partial charge in [-0.2, -0.15) is 0 Å². The van der Waals surface area contributed by atoms with Gasteiger partial charge in [-0.1, -0.05) is 18.2 Å². The molecule has 0 aromatic heterocycles. The SMILES string of the molecule is COc1ccc(OCCN(Cc2ccccc2F)C2CC2)cc1. The first-order valence-corrected chi connectivity index (χ1v) is 8.00. The van der Waals surface area contributed by atoms with Crippen LogP contribution in [0, 0.1) is 5.82 Å². The van der Waals surface area contributed by atoms with E-state index in [2.05, 4.69) is 4.90 Å². The van der Waals surface area contributed by atoms with Gasteiger partial charge in [-0.25, -0.2) is 4.39 Å². The lowest BCUT2D eigenvalue weighted by atomic mass is 10.2. The zero-order chi connectivity index (χ0) is 16.1. The summed E-state index contributed by atoms with van der Waals surface area (Å²) in [5, 5.41) is 0. The van der Waals surface area contributed by atoms with Gasteiger partial charge in [0.05, 0.1) is 7.11 Å². The maximum atomic E-state index is 13.8. The lowest BCUT2D eigenvalue weighted by molar-refractivity contribution is 0.193. The Morgan fingerprint density at radius 1 is 1.04 bits per heavy atom. The van der Waals surface area contributed by atoms with E-state index in [-0.39, 0.29) is 5.82 Å². The van der Waals surface area contributed by atoms with Crippen molar-refractivity contribution >= 4 is 0 Å². The zero-order valence-corrected chi connectivity index (χ0v) is 13.4. The minimum absolute atomic E-state index is 0.130. The Labute approximate surface area is 136 Å². The Bertz CT molecular complexity index is 626. The van der Waals surface area contributed by atoms with Crippen LogP contribution >= 0.6 is 0 Å². The summed E-state index contributed by atoms with van der Waals surface area (Å²) in [6.45, 7) is 2.03. The average Bonchev–Trinajstić information content (AvgIpc) is 3.41. The van der Waals surface area contributed by atoms with Gasteiger partial charge >= 0.3 is 0 Å². The predicted molar refractivity (Wildman–Crippen MR) is 88.3 cm³/mol. The molecule has 0 bridgehead atoms. The first kappa shape index (κ1) is 15.8. The Morgan fingerprint density at radius 2 is 1.74 bits per heavy atom. The fraction of sp³-hybridized carbons (Fsp3) is 0.368. The topological polar surface area (TPSA) is 21.7 Å². The number of ether oxygens (including phenoxy) is 2. The van der Waals surface area contributed by atoms with E-state index in [9.17, 15) is 4.39 Å². The van der Waals surface area contributed by atoms with Crippen molar-refractivity contribution in [2.24, 2.45) is 0 Å². The van der Waals surface area contributed by atoms with Crippen LogP contribution in [-0.2, 0) is 6.54 Å². The minimum atomic E-state index is -0.130. The molecule has 0 radical (unpaired) electrons. The van der Waals surface area contributed by atoms with Crippen LogP contribution in [0.15, 0.2) is 48.5 Å². The van der Waals surface area contributed by atoms with E-state index in [4.69, 9.17) is 9.47 Å². The molecule has 23 heavy (non-hydrogen) atoms. The van der Waals surface area contributed by atoms with Crippen molar-refractivity contribution in [2.45, 2.75) is 25.4 Å². The number of hydrogen-bond acceptors (Lipinski definition) is 3. The second-order valence-corrected chi connectivity index (χ2v) is 5.82. The summed E-state index contributed by atoms with van der Waals surface area (Å²) in [6, 6.07) is 15.1. The molecule has 1 aliphatic carbocycles. The van der Waals surface area contributed by atoms with Crippen molar-refractivity contribution in [3.8, 4) is 11.5 Å². The molecule has 1 saturated carbocycles. The summed E-state index contributed by atoms with van der Waals surface area (Å²) in [6.07, 6.45) is 2.38. The number of nitrogens with zero attached hydrogens (tertiary/aromatic N) is 1. The average molecular weight is 315 g/mol. The second-order valence-electron chi connectivity index (χ2n) is 5.82. The summed E-state index contributed by atoms with van der Waals surface area (Å²) in [5.41, 5.74) is 0.754. The number of hydrogen-bond donors (Lipinski definition) is 0. The molecule has 2 aromatic rings. The van der Waals surface area contributed by atoms with Crippen LogP contribution in [0.3, 0.4) is 0 Å². The van der Waals surface area contributed by atoms with Crippen LogP contribution in [-0.4, -0.2) is 31.2 Å². The van der Waals surface area contributed by atoms with E-state index in [0.717, 1.165) is 23.6 Å². The lowest BCUT2D eigenvalue weighted by Gasteiger charge is -2.22. The van der Waals surface area contributed by atoms with Crippen LogP contribution in [0.1, 0.15) is 18.4 Å². The number of methoxy groups -OCH3 is 1. The Balaban J connectivity index is 1.52. The maximum Gasteiger partial charge on any atom is 0.127 e. The fourth-order valence-corrected chi connectivity index (χ4v) is 2.63. The van der Waals surface area contributed by atoms with Crippen molar-refractivity contribution in [3.63, 3.8) is 0 Å². The molecule has 1 fully saturated rings. The number of halogens is 1. The van der Waals surface area contributed by atoms with Gasteiger partial charge in [-0.3, -0.25) is 4.90 Å². The minimum Gasteiger partial charge on any atom is -0.497 e. The molecule has 3 nitrogen and oxygen atoms in total. The van der Waals surface area contributed by atoms with E-state index in [1.165, 1.54) is 18.9 Å². The van der Waals surface area contributed by atoms with Crippen molar-refractivity contribution in [1.82, 2.24) is 4.90 Å². The molecule has 0 heterocycles. The van der Waals surface area contributed by atoms with Crippen LogP contribution in [0.4, 0.5) is 4.39 Å². The standard InChI is InChI=1S/C19H22FNO2/c1-22-17-8-10-18(11-9-17)23-13-12-21(16-6-7-16)14-15-4-2-3-5-19(15)20/h2-5,8-11,16H,6-7,12-14H2,1H3. The van der Waals surface area contributed by atoms with Gasteiger partial charge in [0.25, 0.3) is 0 Å². The van der Waals surface area contributed by atoms with E-state index < -0.39 is 0 Å². The quantitative estimate of drug-likeness (QED) is 0.738. The molecule has 122 valence electrons. The van der Waals surface area contributed by atoms with Crippen LogP contribution in [0.2, 0.25) is 0 Å². The first-order valence-electron chi connectivity index (χ1n) is 8.00. The molecular weight excluding hydrogens is 293 g/mol. The van der Waals surface area contributed by atoms with Gasteiger partial charge in [0.2, 0.25) is 0 Å². The number of rotatable bonds is 8. The van der Waals surface area contributed by atoms with Gasteiger partial charge in [-0.05, 0) is 43.2 Å². The molecule has 3 rings (SSSR count). The molecular formula is C19H22FNO2. The Kier molecular flexibility index (Phi) is 5.13. The molecule has 0 N–H and O–H groups in total. The third-order valence-corrected chi connectivity index (χ3v) is 4.10. The molecule has 0 saturated heterocycles. The molecule has 0 amide bonds. The smallest absolute Gasteiger partial charge is 0.127 e. The summed E-state index contributed by atoms with van der Waals surface area (Å²) in [7, 11) is 1.64. The molecule has 0 aliphatic heterocycles. The normalized spacial score (nSPS) is 14.0. The highest BCUT2D eigenvalue weighted by Crippen LogP contribution is 2.28. The Hall–Kier alpha value is -2.07. The zero-order valence-electron chi connectivity index (χ0n) is 13.4. The van der Waals surface area contributed by atoms with Crippen LogP contribution in [0.25, 0.3) is 0 Å². The highest BCUT2D eigenvalue weighted by molar-refractivity contribution is 5.31. The summed E-state index contributed by atoms with van der Waals surface area (Å²) >= 11 is 0. The van der Waals surface area contributed by atoms with Gasteiger partial charge < -0.3 is 9.47 Å².